The summed E-state index contributed by atoms with van der Waals surface area (Å²) in [4.78, 5) is 26.9. The second-order valence-corrected chi connectivity index (χ2v) is 10.1. The average Bonchev–Trinajstić information content (AvgIpc) is 3.55. The number of aromatic nitrogens is 2. The number of piperazine rings is 1. The maximum absolute atomic E-state index is 13.1. The predicted octanol–water partition coefficient (Wildman–Crippen LogP) is 4.96. The lowest BCUT2D eigenvalue weighted by Gasteiger charge is -2.37. The highest BCUT2D eigenvalue weighted by Gasteiger charge is 2.28. The fourth-order valence-corrected chi connectivity index (χ4v) is 6.02. The maximum Gasteiger partial charge on any atom is 0.273 e. The molecule has 9 heteroatoms. The van der Waals surface area contributed by atoms with Crippen LogP contribution in [0.1, 0.15) is 28.5 Å². The Balaban J connectivity index is 1.23. The van der Waals surface area contributed by atoms with Crippen molar-refractivity contribution in [1.29, 1.82) is 0 Å². The fraction of sp³-hybridized carbons (Fsp3) is 0.320. The van der Waals surface area contributed by atoms with E-state index in [4.69, 9.17) is 14.5 Å². The Hall–Kier alpha value is -3.01. The van der Waals surface area contributed by atoms with E-state index in [9.17, 15) is 4.79 Å². The fourth-order valence-electron chi connectivity index (χ4n) is 4.17. The minimum Gasteiger partial charge on any atom is -0.493 e. The summed E-state index contributed by atoms with van der Waals surface area (Å²) in [5.74, 6) is 1.29. The van der Waals surface area contributed by atoms with Crippen molar-refractivity contribution in [3.63, 3.8) is 0 Å². The summed E-state index contributed by atoms with van der Waals surface area (Å²) in [5.41, 5.74) is 2.44. The Morgan fingerprint density at radius 2 is 1.76 bits per heavy atom. The van der Waals surface area contributed by atoms with Crippen molar-refractivity contribution in [2.45, 2.75) is 13.0 Å². The van der Waals surface area contributed by atoms with Gasteiger partial charge in [-0.3, -0.25) is 9.69 Å². The van der Waals surface area contributed by atoms with Crippen molar-refractivity contribution in [3.05, 3.63) is 58.5 Å². The second-order valence-electron chi connectivity index (χ2n) is 8.13. The quantitative estimate of drug-likeness (QED) is 0.378. The molecule has 2 aromatic heterocycles. The minimum atomic E-state index is -0.0183. The second kappa shape index (κ2) is 9.69. The van der Waals surface area contributed by atoms with E-state index in [1.54, 1.807) is 25.6 Å². The van der Waals surface area contributed by atoms with Crippen molar-refractivity contribution in [1.82, 2.24) is 19.8 Å². The van der Waals surface area contributed by atoms with Crippen molar-refractivity contribution in [3.8, 4) is 22.1 Å². The topological polar surface area (TPSA) is 67.8 Å². The number of benzene rings is 2. The van der Waals surface area contributed by atoms with Crippen molar-refractivity contribution >= 4 is 38.8 Å². The molecule has 1 aliphatic rings. The van der Waals surface area contributed by atoms with Gasteiger partial charge in [-0.25, -0.2) is 9.97 Å². The summed E-state index contributed by atoms with van der Waals surface area (Å²) in [6, 6.07) is 14.1. The van der Waals surface area contributed by atoms with E-state index in [1.807, 2.05) is 40.6 Å². The number of hydrogen-bond acceptors (Lipinski definition) is 8. The van der Waals surface area contributed by atoms with Crippen molar-refractivity contribution in [2.24, 2.45) is 0 Å². The molecule has 5 rings (SSSR count). The minimum absolute atomic E-state index is 0.0183. The van der Waals surface area contributed by atoms with Crippen LogP contribution in [-0.4, -0.2) is 66.1 Å². The Morgan fingerprint density at radius 3 is 2.50 bits per heavy atom. The SMILES string of the molecule is COc1ccc(-c2nc(C(=O)N3CCN(C(C)c4nc5ccccc5s4)CC3)cs2)cc1OC. The summed E-state index contributed by atoms with van der Waals surface area (Å²) in [6.45, 7) is 5.19. The van der Waals surface area contributed by atoms with Crippen LogP contribution in [0.15, 0.2) is 47.8 Å². The van der Waals surface area contributed by atoms with E-state index in [0.717, 1.165) is 34.2 Å². The molecule has 1 saturated heterocycles. The molecule has 0 spiro atoms. The van der Waals surface area contributed by atoms with Crippen LogP contribution in [0.5, 0.6) is 11.5 Å². The van der Waals surface area contributed by atoms with E-state index in [-0.39, 0.29) is 11.9 Å². The van der Waals surface area contributed by atoms with Gasteiger partial charge in [-0.05, 0) is 37.3 Å². The summed E-state index contributed by atoms with van der Waals surface area (Å²) in [6.07, 6.45) is 0. The lowest BCUT2D eigenvalue weighted by atomic mass is 10.2. The number of rotatable bonds is 6. The van der Waals surface area contributed by atoms with Crippen molar-refractivity contribution < 1.29 is 14.3 Å². The first-order valence-corrected chi connectivity index (χ1v) is 12.8. The number of para-hydroxylation sites is 1. The molecule has 34 heavy (non-hydrogen) atoms. The van der Waals surface area contributed by atoms with E-state index in [2.05, 4.69) is 28.9 Å². The van der Waals surface area contributed by atoms with Gasteiger partial charge in [-0.15, -0.1) is 22.7 Å². The first-order valence-electron chi connectivity index (χ1n) is 11.1. The third-order valence-corrected chi connectivity index (χ3v) is 8.27. The number of carbonyl (C=O) groups excluding carboxylic acids is 1. The maximum atomic E-state index is 13.1. The molecule has 1 amide bonds. The summed E-state index contributed by atoms with van der Waals surface area (Å²) in [7, 11) is 3.22. The highest BCUT2D eigenvalue weighted by molar-refractivity contribution is 7.18. The van der Waals surface area contributed by atoms with Crippen LogP contribution >= 0.6 is 22.7 Å². The molecular formula is C25H26N4O3S2. The molecule has 0 N–H and O–H groups in total. The van der Waals surface area contributed by atoms with Gasteiger partial charge in [0.15, 0.2) is 11.5 Å². The molecule has 4 aromatic rings. The summed E-state index contributed by atoms with van der Waals surface area (Å²) in [5, 5.41) is 3.75. The molecule has 1 atom stereocenters. The highest BCUT2D eigenvalue weighted by atomic mass is 32.1. The highest BCUT2D eigenvalue weighted by Crippen LogP contribution is 2.34. The van der Waals surface area contributed by atoms with Crippen LogP contribution < -0.4 is 9.47 Å². The van der Waals surface area contributed by atoms with Gasteiger partial charge in [-0.1, -0.05) is 12.1 Å². The summed E-state index contributed by atoms with van der Waals surface area (Å²) >= 11 is 3.21. The van der Waals surface area contributed by atoms with Crippen LogP contribution in [0.25, 0.3) is 20.8 Å². The van der Waals surface area contributed by atoms with Gasteiger partial charge < -0.3 is 14.4 Å². The standard InChI is InChI=1S/C25H26N4O3S2/c1-16(23-26-18-6-4-5-7-22(18)34-23)28-10-12-29(13-11-28)25(30)19-15-33-24(27-19)17-8-9-20(31-2)21(14-17)32-3/h4-9,14-16H,10-13H2,1-3H3. The number of nitrogens with zero attached hydrogens (tertiary/aromatic N) is 4. The molecule has 0 saturated carbocycles. The van der Waals surface area contributed by atoms with E-state index in [0.29, 0.717) is 30.3 Å². The molecular weight excluding hydrogens is 468 g/mol. The molecule has 0 radical (unpaired) electrons. The van der Waals surface area contributed by atoms with Gasteiger partial charge in [-0.2, -0.15) is 0 Å². The first-order chi connectivity index (χ1) is 16.6. The molecule has 0 aliphatic carbocycles. The monoisotopic (exact) mass is 494 g/mol. The molecule has 2 aromatic carbocycles. The number of ether oxygens (including phenoxy) is 2. The van der Waals surface area contributed by atoms with Gasteiger partial charge in [0.2, 0.25) is 0 Å². The number of hydrogen-bond donors (Lipinski definition) is 0. The number of carbonyl (C=O) groups is 1. The number of fused-ring (bicyclic) bond motifs is 1. The largest absolute Gasteiger partial charge is 0.493 e. The smallest absolute Gasteiger partial charge is 0.273 e. The molecule has 7 nitrogen and oxygen atoms in total. The average molecular weight is 495 g/mol. The van der Waals surface area contributed by atoms with Crippen LogP contribution in [0.2, 0.25) is 0 Å². The molecule has 1 aliphatic heterocycles. The molecule has 1 fully saturated rings. The molecule has 0 bridgehead atoms. The lowest BCUT2D eigenvalue weighted by Crippen LogP contribution is -2.49. The van der Waals surface area contributed by atoms with Crippen LogP contribution in [0.4, 0.5) is 0 Å². The van der Waals surface area contributed by atoms with Crippen molar-refractivity contribution in [2.75, 3.05) is 40.4 Å². The Morgan fingerprint density at radius 1 is 1.00 bits per heavy atom. The molecule has 3 heterocycles. The van der Waals surface area contributed by atoms with Gasteiger partial charge in [0, 0.05) is 37.1 Å². The lowest BCUT2D eigenvalue weighted by molar-refractivity contribution is 0.0577. The van der Waals surface area contributed by atoms with Gasteiger partial charge in [0.1, 0.15) is 15.7 Å². The zero-order valence-corrected chi connectivity index (χ0v) is 21.0. The number of thiazole rings is 2. The predicted molar refractivity (Wildman–Crippen MR) is 136 cm³/mol. The Kier molecular flexibility index (Phi) is 6.49. The number of amides is 1. The molecule has 1 unspecified atom stereocenters. The van der Waals surface area contributed by atoms with E-state index >= 15 is 0 Å². The Labute approximate surface area is 206 Å². The van der Waals surface area contributed by atoms with Gasteiger partial charge in [0.05, 0.1) is 30.5 Å². The van der Waals surface area contributed by atoms with E-state index in [1.165, 1.54) is 16.0 Å². The third kappa shape index (κ3) is 4.38. The summed E-state index contributed by atoms with van der Waals surface area (Å²) < 4.78 is 11.9. The zero-order valence-electron chi connectivity index (χ0n) is 19.4. The van der Waals surface area contributed by atoms with Gasteiger partial charge in [0.25, 0.3) is 5.91 Å². The third-order valence-electron chi connectivity index (χ3n) is 6.17. The Bertz CT molecular complexity index is 1280. The van der Waals surface area contributed by atoms with Crippen LogP contribution in [0, 0.1) is 0 Å². The zero-order chi connectivity index (χ0) is 23.7. The van der Waals surface area contributed by atoms with E-state index < -0.39 is 0 Å². The molecule has 176 valence electrons. The number of methoxy groups -OCH3 is 2. The normalized spacial score (nSPS) is 15.4. The first kappa shape index (κ1) is 22.8. The van der Waals surface area contributed by atoms with Gasteiger partial charge >= 0.3 is 0 Å². The van der Waals surface area contributed by atoms with Crippen LogP contribution in [0.3, 0.4) is 0 Å². The van der Waals surface area contributed by atoms with Crippen LogP contribution in [-0.2, 0) is 0 Å².